The molecule has 0 radical (unpaired) electrons. The molecule has 4 nitrogen and oxygen atoms in total. The van der Waals surface area contributed by atoms with Gasteiger partial charge in [-0.05, 0) is 24.0 Å². The molecule has 0 spiro atoms. The first-order valence-corrected chi connectivity index (χ1v) is 5.96. The van der Waals surface area contributed by atoms with Crippen LogP contribution in [0.1, 0.15) is 25.8 Å². The van der Waals surface area contributed by atoms with Crippen LogP contribution in [0.4, 0.5) is 10.1 Å². The first-order chi connectivity index (χ1) is 8.44. The summed E-state index contributed by atoms with van der Waals surface area (Å²) in [6, 6.07) is 4.76. The fourth-order valence-corrected chi connectivity index (χ4v) is 2.40. The van der Waals surface area contributed by atoms with E-state index >= 15 is 0 Å². The molecule has 1 aromatic rings. The van der Waals surface area contributed by atoms with E-state index in [0.29, 0.717) is 5.69 Å². The van der Waals surface area contributed by atoms with Crippen LogP contribution in [0.2, 0.25) is 0 Å². The Morgan fingerprint density at radius 1 is 1.50 bits per heavy atom. The summed E-state index contributed by atoms with van der Waals surface area (Å²) in [5.74, 6) is -0.652. The van der Waals surface area contributed by atoms with Gasteiger partial charge in [-0.2, -0.15) is 0 Å². The number of oxime groups is 1. The molecule has 1 aromatic carbocycles. The first kappa shape index (κ1) is 12.7. The van der Waals surface area contributed by atoms with Gasteiger partial charge in [0.15, 0.2) is 5.84 Å². The van der Waals surface area contributed by atoms with Crippen molar-refractivity contribution >= 4 is 11.5 Å². The van der Waals surface area contributed by atoms with Crippen molar-refractivity contribution in [3.05, 3.63) is 29.6 Å². The lowest BCUT2D eigenvalue weighted by atomic mass is 9.93. The van der Waals surface area contributed by atoms with Gasteiger partial charge in [0.05, 0.1) is 11.3 Å². The van der Waals surface area contributed by atoms with Crippen LogP contribution in [0.15, 0.2) is 23.4 Å². The van der Waals surface area contributed by atoms with Crippen molar-refractivity contribution in [2.45, 2.75) is 20.3 Å². The molecule has 0 aromatic heterocycles. The monoisotopic (exact) mass is 251 g/mol. The average Bonchev–Trinajstić information content (AvgIpc) is 2.68. The fourth-order valence-electron chi connectivity index (χ4n) is 2.40. The van der Waals surface area contributed by atoms with Gasteiger partial charge in [0.25, 0.3) is 0 Å². The Morgan fingerprint density at radius 2 is 2.22 bits per heavy atom. The Balaban J connectivity index is 2.43. The molecule has 0 saturated carbocycles. The molecule has 18 heavy (non-hydrogen) atoms. The van der Waals surface area contributed by atoms with Gasteiger partial charge in [-0.25, -0.2) is 4.39 Å². The van der Waals surface area contributed by atoms with Crippen LogP contribution in [0, 0.1) is 11.2 Å². The predicted molar refractivity (Wildman–Crippen MR) is 69.5 cm³/mol. The highest BCUT2D eigenvalue weighted by Crippen LogP contribution is 2.34. The molecule has 0 aliphatic carbocycles. The van der Waals surface area contributed by atoms with E-state index in [1.165, 1.54) is 6.07 Å². The summed E-state index contributed by atoms with van der Waals surface area (Å²) in [6.07, 6.45) is 1.04. The normalized spacial score (nSPS) is 19.3. The number of hydrogen-bond donors (Lipinski definition) is 2. The second kappa shape index (κ2) is 4.48. The Morgan fingerprint density at radius 3 is 2.78 bits per heavy atom. The summed E-state index contributed by atoms with van der Waals surface area (Å²) in [6.45, 7) is 6.04. The summed E-state index contributed by atoms with van der Waals surface area (Å²) < 4.78 is 13.8. The molecule has 5 heteroatoms. The van der Waals surface area contributed by atoms with E-state index in [0.717, 1.165) is 19.5 Å². The summed E-state index contributed by atoms with van der Waals surface area (Å²) in [5.41, 5.74) is 6.64. The maximum absolute atomic E-state index is 13.8. The van der Waals surface area contributed by atoms with Crippen LogP contribution < -0.4 is 10.6 Å². The van der Waals surface area contributed by atoms with Crippen molar-refractivity contribution < 1.29 is 9.60 Å². The van der Waals surface area contributed by atoms with E-state index in [-0.39, 0.29) is 16.8 Å². The van der Waals surface area contributed by atoms with Gasteiger partial charge < -0.3 is 15.8 Å². The topological polar surface area (TPSA) is 61.8 Å². The molecule has 0 bridgehead atoms. The second-order valence-corrected chi connectivity index (χ2v) is 5.45. The minimum Gasteiger partial charge on any atom is -0.409 e. The van der Waals surface area contributed by atoms with E-state index in [1.807, 2.05) is 0 Å². The third-order valence-corrected chi connectivity index (χ3v) is 3.37. The van der Waals surface area contributed by atoms with Crippen molar-refractivity contribution in [1.29, 1.82) is 0 Å². The molecule has 2 rings (SSSR count). The minimum atomic E-state index is -0.465. The summed E-state index contributed by atoms with van der Waals surface area (Å²) in [5, 5.41) is 11.7. The van der Waals surface area contributed by atoms with E-state index in [2.05, 4.69) is 23.9 Å². The second-order valence-electron chi connectivity index (χ2n) is 5.45. The highest BCUT2D eigenvalue weighted by atomic mass is 19.1. The Bertz CT molecular complexity index is 485. The lowest BCUT2D eigenvalue weighted by molar-refractivity contribution is 0.318. The van der Waals surface area contributed by atoms with Crippen LogP contribution in [0.3, 0.4) is 0 Å². The smallest absolute Gasteiger partial charge is 0.175 e. The van der Waals surface area contributed by atoms with Gasteiger partial charge in [-0.15, -0.1) is 0 Å². The number of nitrogens with zero attached hydrogens (tertiary/aromatic N) is 2. The minimum absolute atomic E-state index is 0.178. The molecule has 0 amide bonds. The molecular weight excluding hydrogens is 233 g/mol. The standard InChI is InChI=1S/C13H18FN3O/c1-13(2)6-7-17(8-13)10-5-3-4-9(14)11(10)12(15)16-18/h3-5,18H,6-8H2,1-2H3,(H2,15,16). The van der Waals surface area contributed by atoms with Crippen LogP contribution in [0.25, 0.3) is 0 Å². The van der Waals surface area contributed by atoms with Crippen LogP contribution >= 0.6 is 0 Å². The third-order valence-electron chi connectivity index (χ3n) is 3.37. The molecule has 0 unspecified atom stereocenters. The predicted octanol–water partition coefficient (Wildman–Crippen LogP) is 2.16. The van der Waals surface area contributed by atoms with Crippen LogP contribution in [-0.2, 0) is 0 Å². The van der Waals surface area contributed by atoms with E-state index in [9.17, 15) is 4.39 Å². The molecule has 1 aliphatic rings. The van der Waals surface area contributed by atoms with Gasteiger partial charge in [0.1, 0.15) is 5.82 Å². The molecule has 1 fully saturated rings. The Labute approximate surface area is 106 Å². The zero-order valence-electron chi connectivity index (χ0n) is 10.7. The van der Waals surface area contributed by atoms with Gasteiger partial charge in [-0.3, -0.25) is 0 Å². The van der Waals surface area contributed by atoms with Gasteiger partial charge >= 0.3 is 0 Å². The van der Waals surface area contributed by atoms with Crippen LogP contribution in [0.5, 0.6) is 0 Å². The van der Waals surface area contributed by atoms with Crippen molar-refractivity contribution in [2.75, 3.05) is 18.0 Å². The Kier molecular flexibility index (Phi) is 3.15. The van der Waals surface area contributed by atoms with Crippen molar-refractivity contribution in [1.82, 2.24) is 0 Å². The fraction of sp³-hybridized carbons (Fsp3) is 0.462. The maximum Gasteiger partial charge on any atom is 0.175 e. The molecule has 0 atom stereocenters. The number of benzene rings is 1. The highest BCUT2D eigenvalue weighted by Gasteiger charge is 2.31. The zero-order chi connectivity index (χ0) is 13.3. The average molecular weight is 251 g/mol. The quantitative estimate of drug-likeness (QED) is 0.366. The number of hydrogen-bond acceptors (Lipinski definition) is 3. The van der Waals surface area contributed by atoms with E-state index in [4.69, 9.17) is 10.9 Å². The molecule has 1 aliphatic heterocycles. The molecule has 3 N–H and O–H groups in total. The van der Waals surface area contributed by atoms with E-state index in [1.54, 1.807) is 12.1 Å². The SMILES string of the molecule is CC1(C)CCN(c2cccc(F)c2C(N)=NO)C1. The van der Waals surface area contributed by atoms with Crippen LogP contribution in [-0.4, -0.2) is 24.1 Å². The molecular formula is C13H18FN3O. The molecule has 1 heterocycles. The molecule has 1 saturated heterocycles. The Hall–Kier alpha value is -1.78. The first-order valence-electron chi connectivity index (χ1n) is 5.96. The zero-order valence-corrected chi connectivity index (χ0v) is 10.7. The lowest BCUT2D eigenvalue weighted by Gasteiger charge is -2.24. The van der Waals surface area contributed by atoms with Gasteiger partial charge in [-0.1, -0.05) is 25.1 Å². The number of anilines is 1. The number of rotatable bonds is 2. The number of amidine groups is 1. The van der Waals surface area contributed by atoms with Crippen molar-refractivity contribution in [3.8, 4) is 0 Å². The maximum atomic E-state index is 13.8. The summed E-state index contributed by atoms with van der Waals surface area (Å²) >= 11 is 0. The van der Waals surface area contributed by atoms with Gasteiger partial charge in [0, 0.05) is 13.1 Å². The third kappa shape index (κ3) is 2.25. The van der Waals surface area contributed by atoms with Gasteiger partial charge in [0.2, 0.25) is 0 Å². The summed E-state index contributed by atoms with van der Waals surface area (Å²) in [4.78, 5) is 2.08. The molecule has 98 valence electrons. The van der Waals surface area contributed by atoms with Crippen molar-refractivity contribution in [3.63, 3.8) is 0 Å². The number of halogens is 1. The highest BCUT2D eigenvalue weighted by molar-refractivity contribution is 6.02. The number of nitrogens with two attached hydrogens (primary N) is 1. The summed E-state index contributed by atoms with van der Waals surface area (Å²) in [7, 11) is 0. The largest absolute Gasteiger partial charge is 0.409 e. The lowest BCUT2D eigenvalue weighted by Crippen LogP contribution is -2.27. The van der Waals surface area contributed by atoms with Crippen molar-refractivity contribution in [2.24, 2.45) is 16.3 Å². The van der Waals surface area contributed by atoms with E-state index < -0.39 is 5.82 Å².